The molecular weight excluding hydrogens is 280 g/mol. The number of amides is 1. The van der Waals surface area contributed by atoms with Crippen LogP contribution in [0.4, 0.5) is 0 Å². The van der Waals surface area contributed by atoms with E-state index in [-0.39, 0.29) is 6.54 Å². The highest BCUT2D eigenvalue weighted by Gasteiger charge is 2.45. The number of fused-ring (bicyclic) bond motifs is 3. The number of esters is 1. The van der Waals surface area contributed by atoms with Gasteiger partial charge < -0.3 is 15.8 Å². The summed E-state index contributed by atoms with van der Waals surface area (Å²) in [6.07, 6.45) is 0. The number of rotatable bonds is 3. The zero-order chi connectivity index (χ0) is 15.7. The predicted molar refractivity (Wildman–Crippen MR) is 81.9 cm³/mol. The first-order valence-corrected chi connectivity index (χ1v) is 6.92. The largest absolute Gasteiger partial charge is 0.468 e. The van der Waals surface area contributed by atoms with Gasteiger partial charge in [-0.25, -0.2) is 0 Å². The van der Waals surface area contributed by atoms with Gasteiger partial charge in [0.15, 0.2) is 0 Å². The van der Waals surface area contributed by atoms with Gasteiger partial charge in [0.05, 0.1) is 7.11 Å². The van der Waals surface area contributed by atoms with Gasteiger partial charge in [-0.2, -0.15) is 0 Å². The van der Waals surface area contributed by atoms with Crippen molar-refractivity contribution in [2.24, 2.45) is 5.73 Å². The average molecular weight is 296 g/mol. The van der Waals surface area contributed by atoms with E-state index in [1.54, 1.807) is 0 Å². The summed E-state index contributed by atoms with van der Waals surface area (Å²) in [5.74, 6) is -0.938. The first kappa shape index (κ1) is 14.3. The highest BCUT2D eigenvalue weighted by Crippen LogP contribution is 2.45. The molecule has 0 spiro atoms. The van der Waals surface area contributed by atoms with Crippen LogP contribution in [0, 0.1) is 0 Å². The van der Waals surface area contributed by atoms with Gasteiger partial charge in [0.1, 0.15) is 12.1 Å². The summed E-state index contributed by atoms with van der Waals surface area (Å²) in [4.78, 5) is 23.9. The smallest absolute Gasteiger partial charge is 0.325 e. The van der Waals surface area contributed by atoms with E-state index in [4.69, 9.17) is 5.73 Å². The Morgan fingerprint density at radius 2 is 1.55 bits per heavy atom. The maximum atomic E-state index is 12.7. The molecule has 22 heavy (non-hydrogen) atoms. The van der Waals surface area contributed by atoms with Crippen molar-refractivity contribution < 1.29 is 14.3 Å². The second kappa shape index (κ2) is 5.27. The predicted octanol–water partition coefficient (Wildman–Crippen LogP) is 1.16. The first-order valence-electron chi connectivity index (χ1n) is 6.92. The Balaban J connectivity index is 2.05. The van der Waals surface area contributed by atoms with Crippen molar-refractivity contribution in [3.05, 3.63) is 59.7 Å². The maximum absolute atomic E-state index is 12.7. The van der Waals surface area contributed by atoms with Crippen LogP contribution >= 0.6 is 0 Å². The van der Waals surface area contributed by atoms with Crippen LogP contribution in [0.15, 0.2) is 48.5 Å². The standard InChI is InChI=1S/C17H16N2O3/c1-22-15(20)10-19-16(21)17(18)13-8-4-2-6-11(13)12-7-3-5-9-14(12)17/h2-9H,10,18H2,1H3,(H,19,21). The SMILES string of the molecule is COC(=O)CNC(=O)C1(N)c2ccccc2-c2ccccc21. The van der Waals surface area contributed by atoms with Crippen molar-refractivity contribution in [3.8, 4) is 11.1 Å². The Hall–Kier alpha value is -2.66. The summed E-state index contributed by atoms with van der Waals surface area (Å²) < 4.78 is 4.54. The third kappa shape index (κ3) is 1.98. The third-order valence-corrected chi connectivity index (χ3v) is 3.97. The zero-order valence-corrected chi connectivity index (χ0v) is 12.1. The first-order chi connectivity index (χ1) is 10.6. The van der Waals surface area contributed by atoms with Gasteiger partial charge in [0.25, 0.3) is 0 Å². The lowest BCUT2D eigenvalue weighted by Crippen LogP contribution is -2.52. The summed E-state index contributed by atoms with van der Waals surface area (Å²) in [5.41, 5.74) is 8.53. The molecule has 5 nitrogen and oxygen atoms in total. The number of carbonyl (C=O) groups excluding carboxylic acids is 2. The summed E-state index contributed by atoms with van der Waals surface area (Å²) in [7, 11) is 1.27. The normalized spacial score (nSPS) is 13.9. The number of hydrogen-bond donors (Lipinski definition) is 2. The van der Waals surface area contributed by atoms with E-state index in [0.717, 1.165) is 22.3 Å². The molecule has 0 atom stereocenters. The number of ether oxygens (including phenoxy) is 1. The van der Waals surface area contributed by atoms with Crippen LogP contribution in [0.5, 0.6) is 0 Å². The number of hydrogen-bond acceptors (Lipinski definition) is 4. The molecule has 3 N–H and O–H groups in total. The minimum atomic E-state index is -1.30. The maximum Gasteiger partial charge on any atom is 0.325 e. The lowest BCUT2D eigenvalue weighted by molar-refractivity contribution is -0.141. The van der Waals surface area contributed by atoms with Crippen LogP contribution in [-0.4, -0.2) is 25.5 Å². The molecule has 2 aromatic rings. The van der Waals surface area contributed by atoms with Crippen LogP contribution in [0.25, 0.3) is 11.1 Å². The molecule has 0 saturated carbocycles. The van der Waals surface area contributed by atoms with Crippen LogP contribution in [0.3, 0.4) is 0 Å². The quantitative estimate of drug-likeness (QED) is 0.833. The van der Waals surface area contributed by atoms with Crippen molar-refractivity contribution >= 4 is 11.9 Å². The molecule has 0 bridgehead atoms. The average Bonchev–Trinajstić information content (AvgIpc) is 2.83. The van der Waals surface area contributed by atoms with Gasteiger partial charge in [-0.05, 0) is 22.3 Å². The molecule has 0 radical (unpaired) electrons. The van der Waals surface area contributed by atoms with E-state index >= 15 is 0 Å². The van der Waals surface area contributed by atoms with Crippen molar-refractivity contribution in [2.45, 2.75) is 5.54 Å². The van der Waals surface area contributed by atoms with Crippen molar-refractivity contribution in [1.82, 2.24) is 5.32 Å². The molecule has 112 valence electrons. The Bertz CT molecular complexity index is 710. The second-order valence-electron chi connectivity index (χ2n) is 5.16. The van der Waals surface area contributed by atoms with Gasteiger partial charge in [-0.15, -0.1) is 0 Å². The summed E-state index contributed by atoms with van der Waals surface area (Å²) >= 11 is 0. The monoisotopic (exact) mass is 296 g/mol. The number of nitrogens with two attached hydrogens (primary N) is 1. The van der Waals surface area contributed by atoms with Crippen molar-refractivity contribution in [1.29, 1.82) is 0 Å². The van der Waals surface area contributed by atoms with Gasteiger partial charge in [0, 0.05) is 0 Å². The molecule has 0 saturated heterocycles. The van der Waals surface area contributed by atoms with Gasteiger partial charge in [-0.1, -0.05) is 48.5 Å². The van der Waals surface area contributed by atoms with E-state index in [1.165, 1.54) is 7.11 Å². The number of carbonyl (C=O) groups is 2. The highest BCUT2D eigenvalue weighted by atomic mass is 16.5. The van der Waals surface area contributed by atoms with E-state index in [9.17, 15) is 9.59 Å². The Morgan fingerprint density at radius 3 is 2.05 bits per heavy atom. The number of nitrogens with one attached hydrogen (secondary N) is 1. The molecule has 1 aliphatic carbocycles. The fraction of sp³-hybridized carbons (Fsp3) is 0.176. The zero-order valence-electron chi connectivity index (χ0n) is 12.1. The van der Waals surface area contributed by atoms with E-state index in [2.05, 4.69) is 10.1 Å². The molecule has 0 aliphatic heterocycles. The van der Waals surface area contributed by atoms with E-state index in [0.29, 0.717) is 0 Å². The molecular formula is C17H16N2O3. The highest BCUT2D eigenvalue weighted by molar-refractivity contribution is 6.00. The van der Waals surface area contributed by atoms with Crippen molar-refractivity contribution in [2.75, 3.05) is 13.7 Å². The van der Waals surface area contributed by atoms with Gasteiger partial charge in [-0.3, -0.25) is 9.59 Å². The van der Waals surface area contributed by atoms with Crippen molar-refractivity contribution in [3.63, 3.8) is 0 Å². The Kier molecular flexibility index (Phi) is 3.42. The van der Waals surface area contributed by atoms with E-state index in [1.807, 2.05) is 48.5 Å². The number of methoxy groups -OCH3 is 1. The fourth-order valence-corrected chi connectivity index (χ4v) is 2.88. The summed E-state index contributed by atoms with van der Waals surface area (Å²) in [6.45, 7) is -0.210. The lowest BCUT2D eigenvalue weighted by Gasteiger charge is -2.25. The van der Waals surface area contributed by atoms with E-state index < -0.39 is 17.4 Å². The molecule has 1 amide bonds. The van der Waals surface area contributed by atoms with Gasteiger partial charge in [0.2, 0.25) is 5.91 Å². The fourth-order valence-electron chi connectivity index (χ4n) is 2.88. The summed E-state index contributed by atoms with van der Waals surface area (Å²) in [6, 6.07) is 15.1. The third-order valence-electron chi connectivity index (χ3n) is 3.97. The van der Waals surface area contributed by atoms with Crippen LogP contribution in [-0.2, 0) is 19.9 Å². The molecule has 0 fully saturated rings. The van der Waals surface area contributed by atoms with Crippen LogP contribution in [0.1, 0.15) is 11.1 Å². The molecule has 2 aromatic carbocycles. The Labute approximate surface area is 128 Å². The summed E-state index contributed by atoms with van der Waals surface area (Å²) in [5, 5.41) is 2.56. The molecule has 1 aliphatic rings. The molecule has 0 aromatic heterocycles. The molecule has 5 heteroatoms. The molecule has 0 unspecified atom stereocenters. The minimum absolute atomic E-state index is 0.210. The van der Waals surface area contributed by atoms with Crippen LogP contribution in [0.2, 0.25) is 0 Å². The number of benzene rings is 2. The minimum Gasteiger partial charge on any atom is -0.468 e. The van der Waals surface area contributed by atoms with Crippen LogP contribution < -0.4 is 11.1 Å². The molecule has 0 heterocycles. The Morgan fingerprint density at radius 1 is 1.05 bits per heavy atom. The lowest BCUT2D eigenvalue weighted by atomic mass is 9.87. The van der Waals surface area contributed by atoms with Gasteiger partial charge >= 0.3 is 5.97 Å². The molecule has 3 rings (SSSR count). The topological polar surface area (TPSA) is 81.4 Å². The second-order valence-corrected chi connectivity index (χ2v) is 5.16.